The molecule has 122 valence electrons. The first-order chi connectivity index (χ1) is 10.8. The first kappa shape index (κ1) is 16.1. The fourth-order valence-corrected chi connectivity index (χ4v) is 3.89. The van der Waals surface area contributed by atoms with Crippen LogP contribution in [0.3, 0.4) is 0 Å². The van der Waals surface area contributed by atoms with Gasteiger partial charge in [-0.25, -0.2) is 21.9 Å². The van der Waals surface area contributed by atoms with Crippen molar-refractivity contribution in [1.29, 1.82) is 0 Å². The van der Waals surface area contributed by atoms with Gasteiger partial charge in [0.05, 0.1) is 4.90 Å². The molecule has 0 unspecified atom stereocenters. The van der Waals surface area contributed by atoms with Gasteiger partial charge in [0.25, 0.3) is 0 Å². The zero-order valence-corrected chi connectivity index (χ0v) is 13.4. The lowest BCUT2D eigenvalue weighted by molar-refractivity contribution is 0.524. The third kappa shape index (κ3) is 3.76. The lowest BCUT2D eigenvalue weighted by atomic mass is 10.0. The zero-order chi connectivity index (χ0) is 16.6. The van der Waals surface area contributed by atoms with Gasteiger partial charge < -0.3 is 0 Å². The van der Waals surface area contributed by atoms with Crippen molar-refractivity contribution in [2.75, 3.05) is 0 Å². The number of hydrogen-bond acceptors (Lipinski definition) is 2. The molecule has 0 spiro atoms. The molecule has 0 aromatic heterocycles. The van der Waals surface area contributed by atoms with Crippen LogP contribution in [0.2, 0.25) is 0 Å². The minimum absolute atomic E-state index is 0.214. The van der Waals surface area contributed by atoms with Crippen LogP contribution in [0.5, 0.6) is 0 Å². The first-order valence-corrected chi connectivity index (χ1v) is 8.88. The number of halogens is 2. The van der Waals surface area contributed by atoms with E-state index >= 15 is 0 Å². The molecule has 0 saturated heterocycles. The van der Waals surface area contributed by atoms with Crippen molar-refractivity contribution in [3.8, 4) is 0 Å². The van der Waals surface area contributed by atoms with Gasteiger partial charge >= 0.3 is 0 Å². The molecule has 0 heterocycles. The summed E-state index contributed by atoms with van der Waals surface area (Å²) in [5.74, 6) is -1.61. The van der Waals surface area contributed by atoms with Crippen LogP contribution in [-0.4, -0.2) is 8.42 Å². The molecule has 3 rings (SSSR count). The quantitative estimate of drug-likeness (QED) is 0.904. The van der Waals surface area contributed by atoms with Crippen molar-refractivity contribution in [1.82, 2.24) is 4.72 Å². The molecule has 6 heteroatoms. The van der Waals surface area contributed by atoms with E-state index in [0.717, 1.165) is 36.1 Å². The van der Waals surface area contributed by atoms with Gasteiger partial charge in [0, 0.05) is 12.1 Å². The van der Waals surface area contributed by atoms with Crippen molar-refractivity contribution in [2.24, 2.45) is 5.92 Å². The fourth-order valence-electron chi connectivity index (χ4n) is 2.56. The highest BCUT2D eigenvalue weighted by molar-refractivity contribution is 7.89. The van der Waals surface area contributed by atoms with Gasteiger partial charge in [-0.15, -0.1) is 0 Å². The van der Waals surface area contributed by atoms with Crippen molar-refractivity contribution in [3.05, 3.63) is 65.2 Å². The van der Waals surface area contributed by atoms with E-state index in [4.69, 9.17) is 0 Å². The summed E-state index contributed by atoms with van der Waals surface area (Å²) in [7, 11) is -4.00. The van der Waals surface area contributed by atoms with Crippen molar-refractivity contribution < 1.29 is 17.2 Å². The van der Waals surface area contributed by atoms with Crippen LogP contribution >= 0.6 is 0 Å². The number of aryl methyl sites for hydroxylation is 1. The third-order valence-electron chi connectivity index (χ3n) is 3.96. The average Bonchev–Trinajstić information content (AvgIpc) is 3.29. The summed E-state index contributed by atoms with van der Waals surface area (Å²) in [6.07, 6.45) is 1.86. The van der Waals surface area contributed by atoms with E-state index in [1.807, 2.05) is 31.2 Å². The Hall–Kier alpha value is -1.79. The maximum absolute atomic E-state index is 13.3. The van der Waals surface area contributed by atoms with Gasteiger partial charge in [0.2, 0.25) is 10.0 Å². The molecule has 1 saturated carbocycles. The summed E-state index contributed by atoms with van der Waals surface area (Å²) in [4.78, 5) is -0.396. The van der Waals surface area contributed by atoms with E-state index in [-0.39, 0.29) is 12.0 Å². The monoisotopic (exact) mass is 337 g/mol. The minimum Gasteiger partial charge on any atom is -0.207 e. The molecule has 0 radical (unpaired) electrons. The SMILES string of the molecule is Cc1ccc([C@H](NS(=O)(=O)c2cc(F)cc(F)c2)C2CC2)cc1. The normalized spacial score (nSPS) is 16.3. The molecule has 1 N–H and O–H groups in total. The second kappa shape index (κ2) is 6.02. The Morgan fingerprint density at radius 1 is 1.04 bits per heavy atom. The van der Waals surface area contributed by atoms with Gasteiger partial charge in [-0.3, -0.25) is 0 Å². The maximum Gasteiger partial charge on any atom is 0.241 e. The molecule has 1 atom stereocenters. The van der Waals surface area contributed by atoms with Crippen LogP contribution in [0.4, 0.5) is 8.78 Å². The summed E-state index contributed by atoms with van der Waals surface area (Å²) in [5.41, 5.74) is 1.94. The van der Waals surface area contributed by atoms with Crippen molar-refractivity contribution >= 4 is 10.0 Å². The maximum atomic E-state index is 13.3. The average molecular weight is 337 g/mol. The van der Waals surface area contributed by atoms with Gasteiger partial charge in [-0.1, -0.05) is 29.8 Å². The van der Waals surface area contributed by atoms with Gasteiger partial charge in [-0.2, -0.15) is 0 Å². The van der Waals surface area contributed by atoms with Gasteiger partial charge in [-0.05, 0) is 43.4 Å². The topological polar surface area (TPSA) is 46.2 Å². The highest BCUT2D eigenvalue weighted by atomic mass is 32.2. The lowest BCUT2D eigenvalue weighted by Crippen LogP contribution is -2.30. The Labute approximate surface area is 134 Å². The number of rotatable bonds is 5. The zero-order valence-electron chi connectivity index (χ0n) is 12.6. The highest BCUT2D eigenvalue weighted by Gasteiger charge is 2.35. The largest absolute Gasteiger partial charge is 0.241 e. The van der Waals surface area contributed by atoms with Crippen LogP contribution in [0.25, 0.3) is 0 Å². The van der Waals surface area contributed by atoms with Crippen molar-refractivity contribution in [2.45, 2.75) is 30.7 Å². The molecule has 0 aliphatic heterocycles. The Morgan fingerprint density at radius 3 is 2.13 bits per heavy atom. The summed E-state index contributed by atoms with van der Waals surface area (Å²) >= 11 is 0. The van der Waals surface area contributed by atoms with E-state index in [2.05, 4.69) is 4.72 Å². The Kier molecular flexibility index (Phi) is 4.21. The van der Waals surface area contributed by atoms with E-state index in [0.29, 0.717) is 6.07 Å². The van der Waals surface area contributed by atoms with Crippen LogP contribution < -0.4 is 4.72 Å². The molecular formula is C17H17F2NO2S. The summed E-state index contributed by atoms with van der Waals surface area (Å²) in [6.45, 7) is 1.95. The van der Waals surface area contributed by atoms with Crippen molar-refractivity contribution in [3.63, 3.8) is 0 Å². The standard InChI is InChI=1S/C17H17F2NO2S/c1-11-2-4-12(5-3-11)17(13-6-7-13)20-23(21,22)16-9-14(18)8-15(19)10-16/h2-5,8-10,13,17,20H,6-7H2,1H3/t17-/m0/s1. The lowest BCUT2D eigenvalue weighted by Gasteiger charge is -2.19. The number of sulfonamides is 1. The van der Waals surface area contributed by atoms with Crippen LogP contribution in [0.1, 0.15) is 30.0 Å². The molecule has 0 amide bonds. The van der Waals surface area contributed by atoms with E-state index in [1.54, 1.807) is 0 Å². The van der Waals surface area contributed by atoms with E-state index in [9.17, 15) is 17.2 Å². The fraction of sp³-hybridized carbons (Fsp3) is 0.294. The molecule has 1 aliphatic rings. The van der Waals surface area contributed by atoms with E-state index in [1.165, 1.54) is 0 Å². The van der Waals surface area contributed by atoms with Crippen LogP contribution in [0, 0.1) is 24.5 Å². The summed E-state index contributed by atoms with van der Waals surface area (Å²) < 4.78 is 54.2. The molecule has 0 bridgehead atoms. The third-order valence-corrected chi connectivity index (χ3v) is 5.38. The van der Waals surface area contributed by atoms with E-state index < -0.39 is 26.6 Å². The van der Waals surface area contributed by atoms with Crippen LogP contribution in [-0.2, 0) is 10.0 Å². The Balaban J connectivity index is 1.91. The molecule has 2 aromatic carbocycles. The van der Waals surface area contributed by atoms with Gasteiger partial charge in [0.1, 0.15) is 11.6 Å². The second-order valence-electron chi connectivity index (χ2n) is 5.95. The summed E-state index contributed by atoms with van der Waals surface area (Å²) in [6, 6.07) is 9.51. The second-order valence-corrected chi connectivity index (χ2v) is 7.67. The first-order valence-electron chi connectivity index (χ1n) is 7.40. The smallest absolute Gasteiger partial charge is 0.207 e. The molecule has 1 aliphatic carbocycles. The summed E-state index contributed by atoms with van der Waals surface area (Å²) in [5, 5.41) is 0. The van der Waals surface area contributed by atoms with Crippen LogP contribution in [0.15, 0.2) is 47.4 Å². The Bertz CT molecular complexity index is 795. The van der Waals surface area contributed by atoms with Gasteiger partial charge in [0.15, 0.2) is 0 Å². The highest BCUT2D eigenvalue weighted by Crippen LogP contribution is 2.41. The molecule has 2 aromatic rings. The Morgan fingerprint density at radius 2 is 1.61 bits per heavy atom. The minimum atomic E-state index is -4.00. The molecular weight excluding hydrogens is 320 g/mol. The predicted octanol–water partition coefficient (Wildman–Crippen LogP) is 3.70. The number of hydrogen-bond donors (Lipinski definition) is 1. The predicted molar refractivity (Wildman–Crippen MR) is 83.3 cm³/mol. The molecule has 3 nitrogen and oxygen atoms in total. The molecule has 23 heavy (non-hydrogen) atoms. The number of nitrogens with one attached hydrogen (secondary N) is 1. The number of benzene rings is 2. The molecule has 1 fully saturated rings.